The Bertz CT molecular complexity index is 3940. The topological polar surface area (TPSA) is 28.4 Å². The summed E-state index contributed by atoms with van der Waals surface area (Å²) in [5, 5.41) is 7.70. The first kappa shape index (κ1) is 47.9. The molecule has 0 saturated heterocycles. The zero-order valence-electron chi connectivity index (χ0n) is 45.8. The molecule has 1 aliphatic heterocycles. The van der Waals surface area contributed by atoms with Gasteiger partial charge in [0.05, 0.1) is 17.1 Å². The molecule has 10 aromatic rings. The first-order valence-corrected chi connectivity index (χ1v) is 28.3. The van der Waals surface area contributed by atoms with Crippen molar-refractivity contribution in [3.8, 4) is 33.4 Å². The van der Waals surface area contributed by atoms with Crippen LogP contribution in [0.2, 0.25) is 0 Å². The zero-order chi connectivity index (χ0) is 52.0. The molecular weight excluding hydrogens is 928 g/mol. The summed E-state index contributed by atoms with van der Waals surface area (Å²) >= 11 is 1.99. The minimum atomic E-state index is -0.0575. The summed E-state index contributed by atoms with van der Waals surface area (Å²) in [6.07, 6.45) is 4.68. The number of rotatable bonds is 6. The highest BCUT2D eigenvalue weighted by Gasteiger charge is 2.41. The van der Waals surface area contributed by atoms with Crippen molar-refractivity contribution in [3.63, 3.8) is 0 Å². The van der Waals surface area contributed by atoms with Gasteiger partial charge in [-0.3, -0.25) is 0 Å². The largest absolute Gasteiger partial charge is 0.454 e. The molecule has 2 aromatic heterocycles. The average Bonchev–Trinajstić information content (AvgIpc) is 4.02. The van der Waals surface area contributed by atoms with E-state index in [0.29, 0.717) is 0 Å². The van der Waals surface area contributed by atoms with E-state index in [1.165, 1.54) is 100 Å². The minimum absolute atomic E-state index is 0.0489. The van der Waals surface area contributed by atoms with E-state index >= 15 is 0 Å². The lowest BCUT2D eigenvalue weighted by atomic mass is 9.61. The van der Waals surface area contributed by atoms with Crippen LogP contribution in [-0.4, -0.2) is 7.28 Å². The molecule has 0 unspecified atom stereocenters. The number of furan rings is 1. The number of fused-ring (bicyclic) bond motifs is 10. The first-order chi connectivity index (χ1) is 35.8. The smallest absolute Gasteiger partial charge is 0.211 e. The highest BCUT2D eigenvalue weighted by atomic mass is 32.1. The lowest BCUT2D eigenvalue weighted by Gasteiger charge is -2.42. The van der Waals surface area contributed by atoms with Gasteiger partial charge in [-0.05, 0) is 168 Å². The quantitative estimate of drug-likeness (QED) is 0.168. The zero-order valence-corrected chi connectivity index (χ0v) is 46.6. The molecule has 0 radical (unpaired) electrons. The van der Waals surface area contributed by atoms with Crippen LogP contribution >= 0.6 is 11.3 Å². The maximum Gasteiger partial charge on any atom is 0.211 e. The van der Waals surface area contributed by atoms with E-state index in [0.717, 1.165) is 64.8 Å². The van der Waals surface area contributed by atoms with Gasteiger partial charge >= 0.3 is 0 Å². The molecule has 3 nitrogen and oxygen atoms in total. The Labute approximate surface area is 449 Å². The molecule has 8 aromatic carbocycles. The second kappa shape index (κ2) is 16.8. The van der Waals surface area contributed by atoms with Gasteiger partial charge in [-0.15, -0.1) is 11.3 Å². The molecular formula is C70H69BN2OS. The van der Waals surface area contributed by atoms with Crippen LogP contribution in [0.1, 0.15) is 130 Å². The third-order valence-electron chi connectivity index (χ3n) is 18.0. The predicted molar refractivity (Wildman–Crippen MR) is 326 cm³/mol. The highest BCUT2D eigenvalue weighted by Crippen LogP contribution is 2.55. The van der Waals surface area contributed by atoms with Crippen LogP contribution in [-0.2, 0) is 27.1 Å². The first-order valence-electron chi connectivity index (χ1n) is 27.5. The van der Waals surface area contributed by atoms with Crippen LogP contribution in [0.3, 0.4) is 0 Å². The average molecular weight is 997 g/mol. The number of para-hydroxylation sites is 1. The molecule has 75 heavy (non-hydrogen) atoms. The van der Waals surface area contributed by atoms with Gasteiger partial charge in [-0.1, -0.05) is 179 Å². The van der Waals surface area contributed by atoms with Crippen molar-refractivity contribution in [2.75, 3.05) is 10.2 Å². The predicted octanol–water partition coefficient (Wildman–Crippen LogP) is 18.7. The van der Waals surface area contributed by atoms with Crippen molar-refractivity contribution in [2.45, 2.75) is 129 Å². The standard InChI is InChI=1S/C70H69BN2OS/c1-66(2,3)45-27-31-58(49(37-45)43-22-16-13-17-23-43)73-62-52-40-55-56(70(10,11)35-34-69(55,8)9)41-60(52)75-65(62)71-61-50(39-51-48-24-18-19-25-59(48)74-64(51)63(61)73)47-29-26-44(42-20-14-12-15-21-42)36-57(47)72-46-28-30-53-54(38-46)68(6,7)33-32-67(53,4)5/h12-31,36-41,71-72H,32-35H2,1-11H3. The molecule has 2 aliphatic carbocycles. The minimum Gasteiger partial charge on any atom is -0.454 e. The molecule has 0 fully saturated rings. The lowest BCUT2D eigenvalue weighted by Crippen LogP contribution is -2.39. The highest BCUT2D eigenvalue weighted by molar-refractivity contribution is 7.29. The molecule has 0 spiro atoms. The Hall–Kier alpha value is -6.82. The number of thiophene rings is 1. The van der Waals surface area contributed by atoms with Crippen molar-refractivity contribution in [1.82, 2.24) is 0 Å². The molecule has 3 aliphatic rings. The number of hydrogen-bond acceptors (Lipinski definition) is 4. The maximum absolute atomic E-state index is 7.31. The fraction of sp³-hybridized carbons (Fsp3) is 0.286. The molecule has 374 valence electrons. The summed E-state index contributed by atoms with van der Waals surface area (Å²) < 4.78 is 10.0. The lowest BCUT2D eigenvalue weighted by molar-refractivity contribution is 0.332. The molecule has 13 rings (SSSR count). The van der Waals surface area contributed by atoms with E-state index in [2.05, 4.69) is 244 Å². The third kappa shape index (κ3) is 7.81. The van der Waals surface area contributed by atoms with E-state index in [1.54, 1.807) is 0 Å². The second-order valence-corrected chi connectivity index (χ2v) is 27.0. The van der Waals surface area contributed by atoms with Crippen LogP contribution in [0.25, 0.3) is 65.4 Å². The second-order valence-electron chi connectivity index (χ2n) is 25.9. The normalized spacial score (nSPS) is 17.0. The van der Waals surface area contributed by atoms with Gasteiger partial charge in [0.25, 0.3) is 0 Å². The van der Waals surface area contributed by atoms with Gasteiger partial charge in [0, 0.05) is 43.4 Å². The summed E-state index contributed by atoms with van der Waals surface area (Å²) in [7, 11) is 0.767. The van der Waals surface area contributed by atoms with E-state index in [1.807, 2.05) is 11.3 Å². The summed E-state index contributed by atoms with van der Waals surface area (Å²) in [6.45, 7) is 26.5. The van der Waals surface area contributed by atoms with Gasteiger partial charge in [0.2, 0.25) is 7.28 Å². The molecule has 3 heterocycles. The molecule has 0 amide bonds. The monoisotopic (exact) mass is 997 g/mol. The molecule has 1 N–H and O–H groups in total. The van der Waals surface area contributed by atoms with Gasteiger partial charge in [0.1, 0.15) is 5.58 Å². The number of hydrogen-bond donors (Lipinski definition) is 1. The number of nitrogens with one attached hydrogen (secondary N) is 1. The SMILES string of the molecule is CC(C)(C)c1ccc(N2c3c(sc4cc5c(cc34)C(C)(C)CCC5(C)C)Bc3c(-c4ccc(-c5ccccc5)cc4Nc4ccc5c(c4)C(C)(C)CCC5(C)C)cc4c(oc5ccccc54)c32)c(-c2ccccc2)c1. The van der Waals surface area contributed by atoms with Crippen LogP contribution in [0, 0.1) is 0 Å². The number of benzene rings is 8. The Morgan fingerprint density at radius 2 is 1.13 bits per heavy atom. The van der Waals surface area contributed by atoms with E-state index < -0.39 is 0 Å². The van der Waals surface area contributed by atoms with Crippen molar-refractivity contribution >= 4 is 89.3 Å². The van der Waals surface area contributed by atoms with Gasteiger partial charge in [0.15, 0.2) is 5.58 Å². The van der Waals surface area contributed by atoms with Gasteiger partial charge in [-0.25, -0.2) is 0 Å². The van der Waals surface area contributed by atoms with Crippen LogP contribution in [0.15, 0.2) is 162 Å². The third-order valence-corrected chi connectivity index (χ3v) is 19.1. The van der Waals surface area contributed by atoms with Crippen LogP contribution in [0.5, 0.6) is 0 Å². The summed E-state index contributed by atoms with van der Waals surface area (Å²) in [5.74, 6) is 0. The van der Waals surface area contributed by atoms with Crippen LogP contribution < -0.4 is 20.5 Å². The fourth-order valence-corrected chi connectivity index (χ4v) is 14.4. The Morgan fingerprint density at radius 3 is 1.83 bits per heavy atom. The number of nitrogens with zero attached hydrogens (tertiary/aromatic N) is 1. The van der Waals surface area contributed by atoms with E-state index in [9.17, 15) is 0 Å². The van der Waals surface area contributed by atoms with Crippen LogP contribution in [0.4, 0.5) is 28.4 Å². The Kier molecular flexibility index (Phi) is 10.8. The maximum atomic E-state index is 7.31. The molecule has 5 heteroatoms. The summed E-state index contributed by atoms with van der Waals surface area (Å²) in [4.78, 5) is 2.65. The van der Waals surface area contributed by atoms with Gasteiger partial charge in [-0.2, -0.15) is 0 Å². The molecule has 0 bridgehead atoms. The van der Waals surface area contributed by atoms with Crippen molar-refractivity contribution in [2.24, 2.45) is 0 Å². The summed E-state index contributed by atoms with van der Waals surface area (Å²) in [6, 6.07) is 59.8. The summed E-state index contributed by atoms with van der Waals surface area (Å²) in [5.41, 5.74) is 23.5. The Balaban J connectivity index is 1.13. The van der Waals surface area contributed by atoms with Crippen molar-refractivity contribution in [3.05, 3.63) is 186 Å². The van der Waals surface area contributed by atoms with Crippen molar-refractivity contribution < 1.29 is 4.42 Å². The van der Waals surface area contributed by atoms with E-state index in [-0.39, 0.29) is 27.1 Å². The van der Waals surface area contributed by atoms with Crippen molar-refractivity contribution in [1.29, 1.82) is 0 Å². The molecule has 0 saturated carbocycles. The fourth-order valence-electron chi connectivity index (χ4n) is 13.2. The van der Waals surface area contributed by atoms with Gasteiger partial charge < -0.3 is 14.6 Å². The molecule has 0 atom stereocenters. The van der Waals surface area contributed by atoms with E-state index in [4.69, 9.17) is 4.42 Å². The number of anilines is 5. The Morgan fingerprint density at radius 1 is 0.507 bits per heavy atom.